The standard InChI is InChI=1S/C17H14FNO2S/c18-14-3-1-13(2-4-14)16-6-5-15(21-16)10-19-17(20)9-12-7-8-22-11-12/h1-8,11H,9-10H2,(H,19,20). The van der Waals surface area contributed by atoms with E-state index in [0.717, 1.165) is 11.1 Å². The number of halogens is 1. The van der Waals surface area contributed by atoms with Gasteiger partial charge in [-0.25, -0.2) is 4.39 Å². The van der Waals surface area contributed by atoms with Gasteiger partial charge in [0.2, 0.25) is 5.91 Å². The summed E-state index contributed by atoms with van der Waals surface area (Å²) in [6, 6.07) is 11.7. The van der Waals surface area contributed by atoms with Gasteiger partial charge < -0.3 is 9.73 Å². The Labute approximate surface area is 131 Å². The number of carbonyl (C=O) groups excluding carboxylic acids is 1. The van der Waals surface area contributed by atoms with E-state index in [0.29, 0.717) is 24.5 Å². The van der Waals surface area contributed by atoms with Crippen molar-refractivity contribution >= 4 is 17.2 Å². The predicted octanol–water partition coefficient (Wildman–Crippen LogP) is 4.01. The van der Waals surface area contributed by atoms with Crippen molar-refractivity contribution in [1.82, 2.24) is 5.32 Å². The average Bonchev–Trinajstić information content (AvgIpc) is 3.17. The smallest absolute Gasteiger partial charge is 0.224 e. The molecule has 0 saturated carbocycles. The zero-order valence-electron chi connectivity index (χ0n) is 11.7. The van der Waals surface area contributed by atoms with Crippen molar-refractivity contribution in [1.29, 1.82) is 0 Å². The second-order valence-electron chi connectivity index (χ2n) is 4.86. The largest absolute Gasteiger partial charge is 0.459 e. The minimum Gasteiger partial charge on any atom is -0.459 e. The summed E-state index contributed by atoms with van der Waals surface area (Å²) >= 11 is 1.57. The molecule has 2 aromatic heterocycles. The number of nitrogens with one attached hydrogen (secondary N) is 1. The quantitative estimate of drug-likeness (QED) is 0.773. The van der Waals surface area contributed by atoms with Crippen LogP contribution in [0.2, 0.25) is 0 Å². The summed E-state index contributed by atoms with van der Waals surface area (Å²) < 4.78 is 18.6. The Hall–Kier alpha value is -2.40. The molecule has 112 valence electrons. The molecule has 1 amide bonds. The van der Waals surface area contributed by atoms with E-state index in [2.05, 4.69) is 5.32 Å². The van der Waals surface area contributed by atoms with Crippen molar-refractivity contribution < 1.29 is 13.6 Å². The third kappa shape index (κ3) is 3.62. The van der Waals surface area contributed by atoms with Crippen LogP contribution in [0.3, 0.4) is 0 Å². The van der Waals surface area contributed by atoms with Crippen LogP contribution in [-0.4, -0.2) is 5.91 Å². The molecule has 2 heterocycles. The van der Waals surface area contributed by atoms with Crippen molar-refractivity contribution in [2.75, 3.05) is 0 Å². The molecule has 5 heteroatoms. The summed E-state index contributed by atoms with van der Waals surface area (Å²) in [5.41, 5.74) is 1.81. The number of rotatable bonds is 5. The van der Waals surface area contributed by atoms with Crippen LogP contribution in [-0.2, 0) is 17.8 Å². The van der Waals surface area contributed by atoms with Gasteiger partial charge in [-0.3, -0.25) is 4.79 Å². The van der Waals surface area contributed by atoms with Crippen molar-refractivity contribution in [3.05, 3.63) is 70.4 Å². The van der Waals surface area contributed by atoms with Crippen LogP contribution in [0.15, 0.2) is 57.6 Å². The Morgan fingerprint density at radius 3 is 2.68 bits per heavy atom. The van der Waals surface area contributed by atoms with Crippen molar-refractivity contribution in [3.63, 3.8) is 0 Å². The number of hydrogen-bond donors (Lipinski definition) is 1. The summed E-state index contributed by atoms with van der Waals surface area (Å²) in [5.74, 6) is 0.995. The molecule has 0 spiro atoms. The fraction of sp³-hybridized carbons (Fsp3) is 0.118. The molecule has 22 heavy (non-hydrogen) atoms. The van der Waals surface area contributed by atoms with Crippen molar-refractivity contribution in [2.45, 2.75) is 13.0 Å². The Balaban J connectivity index is 1.57. The highest BCUT2D eigenvalue weighted by atomic mass is 32.1. The topological polar surface area (TPSA) is 42.2 Å². The van der Waals surface area contributed by atoms with Crippen molar-refractivity contribution in [2.24, 2.45) is 0 Å². The summed E-state index contributed by atoms with van der Waals surface area (Å²) in [7, 11) is 0. The van der Waals surface area contributed by atoms with Gasteiger partial charge in [-0.1, -0.05) is 0 Å². The van der Waals surface area contributed by atoms with E-state index >= 15 is 0 Å². The lowest BCUT2D eigenvalue weighted by Gasteiger charge is -2.02. The lowest BCUT2D eigenvalue weighted by atomic mass is 10.2. The molecule has 0 saturated heterocycles. The molecule has 3 rings (SSSR count). The fourth-order valence-electron chi connectivity index (χ4n) is 2.07. The second-order valence-corrected chi connectivity index (χ2v) is 5.64. The van der Waals surface area contributed by atoms with Gasteiger partial charge in [0.05, 0.1) is 13.0 Å². The van der Waals surface area contributed by atoms with Crippen molar-refractivity contribution in [3.8, 4) is 11.3 Å². The molecule has 0 fully saturated rings. The van der Waals surface area contributed by atoms with E-state index < -0.39 is 0 Å². The zero-order chi connectivity index (χ0) is 15.4. The SMILES string of the molecule is O=C(Cc1ccsc1)NCc1ccc(-c2ccc(F)cc2)o1. The molecule has 3 aromatic rings. The first-order chi connectivity index (χ1) is 10.7. The summed E-state index contributed by atoms with van der Waals surface area (Å²) in [6.45, 7) is 0.337. The van der Waals surface area contributed by atoms with E-state index in [4.69, 9.17) is 4.42 Å². The van der Waals surface area contributed by atoms with E-state index in [1.54, 1.807) is 23.5 Å². The Morgan fingerprint density at radius 1 is 1.14 bits per heavy atom. The molecule has 0 aliphatic heterocycles. The van der Waals surface area contributed by atoms with Gasteiger partial charge in [-0.15, -0.1) is 0 Å². The first-order valence-electron chi connectivity index (χ1n) is 6.83. The summed E-state index contributed by atoms with van der Waals surface area (Å²) in [5, 5.41) is 6.73. The highest BCUT2D eigenvalue weighted by Crippen LogP contribution is 2.22. The second kappa shape index (κ2) is 6.58. The van der Waals surface area contributed by atoms with Crippen LogP contribution in [0, 0.1) is 5.82 Å². The highest BCUT2D eigenvalue weighted by molar-refractivity contribution is 7.07. The Kier molecular flexibility index (Phi) is 4.34. The monoisotopic (exact) mass is 315 g/mol. The third-order valence-electron chi connectivity index (χ3n) is 3.19. The number of hydrogen-bond acceptors (Lipinski definition) is 3. The number of benzene rings is 1. The molecular formula is C17H14FNO2S. The van der Waals surface area contributed by atoms with Crippen LogP contribution in [0.25, 0.3) is 11.3 Å². The van der Waals surface area contributed by atoms with Crippen LogP contribution < -0.4 is 5.32 Å². The summed E-state index contributed by atoms with van der Waals surface area (Å²) in [4.78, 5) is 11.8. The first kappa shape index (κ1) is 14.5. The predicted molar refractivity (Wildman–Crippen MR) is 84.0 cm³/mol. The van der Waals surface area contributed by atoms with Gasteiger partial charge in [0, 0.05) is 5.56 Å². The fourth-order valence-corrected chi connectivity index (χ4v) is 2.74. The minimum atomic E-state index is -0.281. The molecule has 1 aromatic carbocycles. The lowest BCUT2D eigenvalue weighted by Crippen LogP contribution is -2.24. The molecule has 0 bridgehead atoms. The zero-order valence-corrected chi connectivity index (χ0v) is 12.5. The molecular weight excluding hydrogens is 301 g/mol. The Bertz CT molecular complexity index is 747. The van der Waals surface area contributed by atoms with Gasteiger partial charge >= 0.3 is 0 Å². The maximum Gasteiger partial charge on any atom is 0.224 e. The third-order valence-corrected chi connectivity index (χ3v) is 3.93. The molecule has 0 unspecified atom stereocenters. The van der Waals surface area contributed by atoms with E-state index in [9.17, 15) is 9.18 Å². The van der Waals surface area contributed by atoms with Gasteiger partial charge in [0.25, 0.3) is 0 Å². The van der Waals surface area contributed by atoms with Crippen LogP contribution in [0.1, 0.15) is 11.3 Å². The number of carbonyl (C=O) groups is 1. The molecule has 3 nitrogen and oxygen atoms in total. The van der Waals surface area contributed by atoms with Crippen LogP contribution in [0.5, 0.6) is 0 Å². The van der Waals surface area contributed by atoms with Gasteiger partial charge in [-0.2, -0.15) is 11.3 Å². The van der Waals surface area contributed by atoms with E-state index in [1.165, 1.54) is 12.1 Å². The maximum atomic E-state index is 12.9. The van der Waals surface area contributed by atoms with E-state index in [1.807, 2.05) is 29.0 Å². The first-order valence-corrected chi connectivity index (χ1v) is 7.77. The Morgan fingerprint density at radius 2 is 1.95 bits per heavy atom. The molecule has 0 radical (unpaired) electrons. The summed E-state index contributed by atoms with van der Waals surface area (Å²) in [6.07, 6.45) is 0.370. The number of amides is 1. The lowest BCUT2D eigenvalue weighted by molar-refractivity contribution is -0.120. The average molecular weight is 315 g/mol. The normalized spacial score (nSPS) is 10.6. The van der Waals surface area contributed by atoms with Gasteiger partial charge in [-0.05, 0) is 58.8 Å². The maximum absolute atomic E-state index is 12.9. The van der Waals surface area contributed by atoms with Gasteiger partial charge in [0.15, 0.2) is 0 Å². The van der Waals surface area contributed by atoms with Crippen LogP contribution in [0.4, 0.5) is 4.39 Å². The molecule has 0 aliphatic rings. The number of furan rings is 1. The van der Waals surface area contributed by atoms with Gasteiger partial charge in [0.1, 0.15) is 17.3 Å². The number of thiophene rings is 1. The molecule has 0 atom stereocenters. The van der Waals surface area contributed by atoms with Crippen LogP contribution >= 0.6 is 11.3 Å². The highest BCUT2D eigenvalue weighted by Gasteiger charge is 2.07. The molecule has 1 N–H and O–H groups in total. The molecule has 0 aliphatic carbocycles. The minimum absolute atomic E-state index is 0.0434. The van der Waals surface area contributed by atoms with E-state index in [-0.39, 0.29) is 11.7 Å².